The van der Waals surface area contributed by atoms with Crippen LogP contribution >= 0.6 is 0 Å². The standard InChI is InChI=1S/C5H10O5.C5H10O2/c6-1-3(8)5(10)4(9)2-7;1-2-3-4-5(6)7/h1,3-5,7-10H,2H2;2-4H2,1H3,(H,6,7)/t3-,4+,5-;/m0./s1. The maximum Gasteiger partial charge on any atom is 0.303 e. The van der Waals surface area contributed by atoms with Crippen LogP contribution in [0.2, 0.25) is 0 Å². The Labute approximate surface area is 99.3 Å². The van der Waals surface area contributed by atoms with Crippen molar-refractivity contribution in [2.24, 2.45) is 0 Å². The smallest absolute Gasteiger partial charge is 0.303 e. The van der Waals surface area contributed by atoms with Crippen LogP contribution in [0.15, 0.2) is 0 Å². The number of unbranched alkanes of at least 4 members (excludes halogenated alkanes) is 1. The van der Waals surface area contributed by atoms with E-state index in [0.717, 1.165) is 12.8 Å². The summed E-state index contributed by atoms with van der Waals surface area (Å²) in [4.78, 5) is 19.5. The molecule has 5 N–H and O–H groups in total. The van der Waals surface area contributed by atoms with Crippen molar-refractivity contribution in [3.63, 3.8) is 0 Å². The number of hydrogen-bond acceptors (Lipinski definition) is 6. The number of aliphatic carboxylic acids is 1. The fourth-order valence-electron chi connectivity index (χ4n) is 0.744. The molecule has 3 atom stereocenters. The van der Waals surface area contributed by atoms with Crippen molar-refractivity contribution in [1.82, 2.24) is 0 Å². The minimum atomic E-state index is -1.64. The molecule has 0 spiro atoms. The molecule has 7 heteroatoms. The van der Waals surface area contributed by atoms with E-state index in [1.165, 1.54) is 0 Å². The van der Waals surface area contributed by atoms with E-state index in [1.54, 1.807) is 0 Å². The van der Waals surface area contributed by atoms with Crippen LogP contribution in [-0.2, 0) is 9.59 Å². The van der Waals surface area contributed by atoms with Gasteiger partial charge in [0.2, 0.25) is 0 Å². The van der Waals surface area contributed by atoms with Gasteiger partial charge in [0.15, 0.2) is 6.29 Å². The van der Waals surface area contributed by atoms with Crippen molar-refractivity contribution in [1.29, 1.82) is 0 Å². The highest BCUT2D eigenvalue weighted by atomic mass is 16.4. The van der Waals surface area contributed by atoms with E-state index >= 15 is 0 Å². The molecule has 0 aliphatic carbocycles. The first-order valence-electron chi connectivity index (χ1n) is 5.22. The molecule has 0 aliphatic heterocycles. The van der Waals surface area contributed by atoms with E-state index in [2.05, 4.69) is 0 Å². The van der Waals surface area contributed by atoms with E-state index in [-0.39, 0.29) is 6.29 Å². The van der Waals surface area contributed by atoms with E-state index in [0.29, 0.717) is 6.42 Å². The second-order valence-corrected chi connectivity index (χ2v) is 3.36. The van der Waals surface area contributed by atoms with E-state index in [1.807, 2.05) is 6.92 Å². The third-order valence-corrected chi connectivity index (χ3v) is 1.81. The van der Waals surface area contributed by atoms with Crippen LogP contribution in [0.5, 0.6) is 0 Å². The molecule has 0 aromatic heterocycles. The van der Waals surface area contributed by atoms with Crippen LogP contribution < -0.4 is 0 Å². The lowest BCUT2D eigenvalue weighted by atomic mass is 10.1. The highest BCUT2D eigenvalue weighted by Crippen LogP contribution is 1.96. The van der Waals surface area contributed by atoms with Gasteiger partial charge in [-0.1, -0.05) is 13.3 Å². The molecule has 0 radical (unpaired) electrons. The molecule has 0 heterocycles. The lowest BCUT2D eigenvalue weighted by Crippen LogP contribution is -2.40. The van der Waals surface area contributed by atoms with Crippen LogP contribution in [0.1, 0.15) is 26.2 Å². The van der Waals surface area contributed by atoms with Gasteiger partial charge < -0.3 is 30.3 Å². The van der Waals surface area contributed by atoms with Crippen LogP contribution in [-0.4, -0.2) is 62.7 Å². The fraction of sp³-hybridized carbons (Fsp3) is 0.800. The zero-order valence-electron chi connectivity index (χ0n) is 9.69. The third-order valence-electron chi connectivity index (χ3n) is 1.81. The van der Waals surface area contributed by atoms with Crippen molar-refractivity contribution >= 4 is 12.3 Å². The molecule has 0 amide bonds. The Morgan fingerprint density at radius 3 is 2.06 bits per heavy atom. The van der Waals surface area contributed by atoms with Gasteiger partial charge >= 0.3 is 5.97 Å². The van der Waals surface area contributed by atoms with Gasteiger partial charge in [0.1, 0.15) is 18.3 Å². The summed E-state index contributed by atoms with van der Waals surface area (Å²) in [5.74, 6) is -0.693. The minimum Gasteiger partial charge on any atom is -0.481 e. The Morgan fingerprint density at radius 1 is 1.29 bits per heavy atom. The van der Waals surface area contributed by atoms with Crippen LogP contribution in [0.4, 0.5) is 0 Å². The summed E-state index contributed by atoms with van der Waals surface area (Å²) < 4.78 is 0. The normalized spacial score (nSPS) is 15.1. The molecule has 17 heavy (non-hydrogen) atoms. The second kappa shape index (κ2) is 11.5. The number of rotatable bonds is 7. The van der Waals surface area contributed by atoms with Crippen molar-refractivity contribution in [3.8, 4) is 0 Å². The first-order chi connectivity index (χ1) is 7.90. The molecular weight excluding hydrogens is 232 g/mol. The molecule has 0 aliphatic rings. The topological polar surface area (TPSA) is 135 Å². The first-order valence-corrected chi connectivity index (χ1v) is 5.22. The number of aldehydes is 1. The summed E-state index contributed by atoms with van der Waals surface area (Å²) in [6, 6.07) is 0. The lowest BCUT2D eigenvalue weighted by molar-refractivity contribution is -0.137. The van der Waals surface area contributed by atoms with Crippen molar-refractivity contribution < 1.29 is 35.1 Å². The van der Waals surface area contributed by atoms with Gasteiger partial charge in [-0.2, -0.15) is 0 Å². The van der Waals surface area contributed by atoms with Gasteiger partial charge in [-0.3, -0.25) is 4.79 Å². The summed E-state index contributed by atoms with van der Waals surface area (Å²) in [6.45, 7) is 1.29. The predicted molar refractivity (Wildman–Crippen MR) is 58.3 cm³/mol. The molecule has 102 valence electrons. The first kappa shape index (κ1) is 18.3. The Balaban J connectivity index is 0. The average Bonchev–Trinajstić information content (AvgIpc) is 2.33. The van der Waals surface area contributed by atoms with Crippen LogP contribution in [0.25, 0.3) is 0 Å². The highest BCUT2D eigenvalue weighted by Gasteiger charge is 2.22. The summed E-state index contributed by atoms with van der Waals surface area (Å²) in [6.07, 6.45) is -2.55. The molecule has 0 saturated carbocycles. The number of carboxylic acid groups (broad SMARTS) is 1. The van der Waals surface area contributed by atoms with Gasteiger partial charge in [0.05, 0.1) is 6.61 Å². The van der Waals surface area contributed by atoms with E-state index in [4.69, 9.17) is 25.5 Å². The summed E-state index contributed by atoms with van der Waals surface area (Å²) >= 11 is 0. The Hall–Kier alpha value is -1.02. The third kappa shape index (κ3) is 11.2. The quantitative estimate of drug-likeness (QED) is 0.349. The van der Waals surface area contributed by atoms with Crippen molar-refractivity contribution in [2.45, 2.75) is 44.5 Å². The van der Waals surface area contributed by atoms with Crippen molar-refractivity contribution in [3.05, 3.63) is 0 Å². The minimum absolute atomic E-state index is 0.0869. The monoisotopic (exact) mass is 252 g/mol. The molecule has 0 fully saturated rings. The zero-order chi connectivity index (χ0) is 13.8. The van der Waals surface area contributed by atoms with Gasteiger partial charge in [-0.15, -0.1) is 0 Å². The fourth-order valence-corrected chi connectivity index (χ4v) is 0.744. The maximum atomic E-state index is 9.76. The molecule has 0 rings (SSSR count). The molecular formula is C10H20O7. The van der Waals surface area contributed by atoms with E-state index in [9.17, 15) is 9.59 Å². The van der Waals surface area contributed by atoms with Gasteiger partial charge in [-0.25, -0.2) is 0 Å². The largest absolute Gasteiger partial charge is 0.481 e. The molecule has 7 nitrogen and oxygen atoms in total. The Bertz CT molecular complexity index is 207. The van der Waals surface area contributed by atoms with Crippen LogP contribution in [0, 0.1) is 0 Å². The lowest BCUT2D eigenvalue weighted by Gasteiger charge is -2.16. The number of aliphatic hydroxyl groups excluding tert-OH is 4. The summed E-state index contributed by atoms with van der Waals surface area (Å²) in [7, 11) is 0. The predicted octanol–water partition coefficient (Wildman–Crippen LogP) is -1.48. The van der Waals surface area contributed by atoms with Crippen molar-refractivity contribution in [2.75, 3.05) is 6.61 Å². The van der Waals surface area contributed by atoms with E-state index < -0.39 is 30.9 Å². The molecule has 0 unspecified atom stereocenters. The molecule has 0 aromatic rings. The highest BCUT2D eigenvalue weighted by molar-refractivity contribution is 5.66. The Kier molecular flexibility index (Phi) is 12.4. The van der Waals surface area contributed by atoms with Crippen LogP contribution in [0.3, 0.4) is 0 Å². The maximum absolute atomic E-state index is 9.76. The van der Waals surface area contributed by atoms with Gasteiger partial charge in [0.25, 0.3) is 0 Å². The number of hydrogen-bond donors (Lipinski definition) is 5. The number of carbonyl (C=O) groups excluding carboxylic acids is 1. The zero-order valence-corrected chi connectivity index (χ0v) is 9.69. The number of carboxylic acids is 1. The molecule has 0 aromatic carbocycles. The van der Waals surface area contributed by atoms with Gasteiger partial charge in [-0.05, 0) is 6.42 Å². The SMILES string of the molecule is CCCCC(=O)O.O=C[C@H](O)[C@H](O)[C@H](O)CO. The Morgan fingerprint density at radius 2 is 1.82 bits per heavy atom. The summed E-state index contributed by atoms with van der Waals surface area (Å²) in [5.41, 5.74) is 0. The number of carbonyl (C=O) groups is 2. The van der Waals surface area contributed by atoms with Gasteiger partial charge in [0, 0.05) is 6.42 Å². The summed E-state index contributed by atoms with van der Waals surface area (Å²) in [5, 5.41) is 42.1. The molecule has 0 bridgehead atoms. The second-order valence-electron chi connectivity index (χ2n) is 3.36. The average molecular weight is 252 g/mol. The molecule has 0 saturated heterocycles. The number of aliphatic hydroxyl groups is 4.